The van der Waals surface area contributed by atoms with Crippen LogP contribution in [0.25, 0.3) is 0 Å². The van der Waals surface area contributed by atoms with Gasteiger partial charge in [0.1, 0.15) is 17.3 Å². The first kappa shape index (κ1) is 17.4. The molecular weight excluding hydrogens is 330 g/mol. The molecule has 1 heterocycles. The van der Waals surface area contributed by atoms with Gasteiger partial charge in [-0.2, -0.15) is 0 Å². The third-order valence-corrected chi connectivity index (χ3v) is 3.70. The molecule has 0 aliphatic carbocycles. The fourth-order valence-electron chi connectivity index (χ4n) is 2.32. The smallest absolute Gasteiger partial charge is 0.376 e. The lowest BCUT2D eigenvalue weighted by Gasteiger charge is -2.12. The van der Waals surface area contributed by atoms with E-state index in [9.17, 15) is 4.79 Å². The van der Waals surface area contributed by atoms with Crippen molar-refractivity contribution in [3.63, 3.8) is 0 Å². The summed E-state index contributed by atoms with van der Waals surface area (Å²) in [5.74, 6) is 1.51. The van der Waals surface area contributed by atoms with E-state index in [1.807, 2.05) is 55.5 Å². The SMILES string of the molecule is COC(=O)c1nccc(NCc2ccccc2Oc2ccc(C)cc2)n1. The highest BCUT2D eigenvalue weighted by Crippen LogP contribution is 2.26. The Labute approximate surface area is 151 Å². The number of nitrogens with one attached hydrogen (secondary N) is 1. The number of hydrogen-bond acceptors (Lipinski definition) is 6. The topological polar surface area (TPSA) is 73.3 Å². The molecule has 0 radical (unpaired) electrons. The zero-order chi connectivity index (χ0) is 18.4. The minimum atomic E-state index is -0.572. The predicted molar refractivity (Wildman–Crippen MR) is 98.4 cm³/mol. The van der Waals surface area contributed by atoms with E-state index in [1.165, 1.54) is 18.9 Å². The Morgan fingerprint density at radius 3 is 2.62 bits per heavy atom. The molecule has 0 bridgehead atoms. The molecule has 1 N–H and O–H groups in total. The maximum absolute atomic E-state index is 11.5. The number of anilines is 1. The molecule has 132 valence electrons. The van der Waals surface area contributed by atoms with Gasteiger partial charge < -0.3 is 14.8 Å². The second-order valence-electron chi connectivity index (χ2n) is 5.63. The molecule has 0 aliphatic heterocycles. The molecule has 0 unspecified atom stereocenters. The van der Waals surface area contributed by atoms with Gasteiger partial charge in [-0.15, -0.1) is 0 Å². The molecule has 6 nitrogen and oxygen atoms in total. The second-order valence-corrected chi connectivity index (χ2v) is 5.63. The van der Waals surface area contributed by atoms with Gasteiger partial charge in [-0.3, -0.25) is 0 Å². The summed E-state index contributed by atoms with van der Waals surface area (Å²) >= 11 is 0. The monoisotopic (exact) mass is 349 g/mol. The second kappa shape index (κ2) is 8.11. The summed E-state index contributed by atoms with van der Waals surface area (Å²) in [5, 5.41) is 3.18. The van der Waals surface area contributed by atoms with Gasteiger partial charge in [-0.1, -0.05) is 35.9 Å². The number of rotatable bonds is 6. The van der Waals surface area contributed by atoms with Gasteiger partial charge in [0, 0.05) is 18.3 Å². The summed E-state index contributed by atoms with van der Waals surface area (Å²) in [5.41, 5.74) is 2.14. The maximum Gasteiger partial charge on any atom is 0.376 e. The van der Waals surface area contributed by atoms with Gasteiger partial charge in [0.25, 0.3) is 0 Å². The molecule has 0 spiro atoms. The van der Waals surface area contributed by atoms with Crippen molar-refractivity contribution in [3.05, 3.63) is 77.7 Å². The fraction of sp³-hybridized carbons (Fsp3) is 0.150. The van der Waals surface area contributed by atoms with E-state index in [4.69, 9.17) is 4.74 Å². The van der Waals surface area contributed by atoms with Crippen LogP contribution < -0.4 is 10.1 Å². The Bertz CT molecular complexity index is 895. The van der Waals surface area contributed by atoms with Crippen LogP contribution in [0.1, 0.15) is 21.7 Å². The Balaban J connectivity index is 1.72. The third-order valence-electron chi connectivity index (χ3n) is 3.70. The number of benzene rings is 2. The third kappa shape index (κ3) is 4.36. The number of esters is 1. The van der Waals surface area contributed by atoms with Gasteiger partial charge in [0.05, 0.1) is 7.11 Å². The standard InChI is InChI=1S/C20H19N3O3/c1-14-7-9-16(10-8-14)26-17-6-4-3-5-15(17)13-22-18-11-12-21-19(23-18)20(24)25-2/h3-12H,13H2,1-2H3,(H,21,22,23). The molecule has 0 saturated carbocycles. The highest BCUT2D eigenvalue weighted by Gasteiger charge is 2.10. The number of para-hydroxylation sites is 1. The molecular formula is C20H19N3O3. The number of carbonyl (C=O) groups is 1. The van der Waals surface area contributed by atoms with E-state index in [1.54, 1.807) is 6.07 Å². The van der Waals surface area contributed by atoms with Crippen LogP contribution in [-0.2, 0) is 11.3 Å². The van der Waals surface area contributed by atoms with E-state index in [0.29, 0.717) is 12.4 Å². The molecule has 0 amide bonds. The molecule has 0 aliphatic rings. The lowest BCUT2D eigenvalue weighted by Crippen LogP contribution is -2.10. The van der Waals surface area contributed by atoms with Crippen molar-refractivity contribution >= 4 is 11.8 Å². The minimum absolute atomic E-state index is 0.0155. The largest absolute Gasteiger partial charge is 0.463 e. The van der Waals surface area contributed by atoms with E-state index < -0.39 is 5.97 Å². The van der Waals surface area contributed by atoms with Crippen molar-refractivity contribution < 1.29 is 14.3 Å². The van der Waals surface area contributed by atoms with Crippen LogP contribution in [0.2, 0.25) is 0 Å². The lowest BCUT2D eigenvalue weighted by atomic mass is 10.2. The summed E-state index contributed by atoms with van der Waals surface area (Å²) in [6, 6.07) is 17.3. The molecule has 6 heteroatoms. The minimum Gasteiger partial charge on any atom is -0.463 e. The zero-order valence-corrected chi connectivity index (χ0v) is 14.6. The van der Waals surface area contributed by atoms with Gasteiger partial charge in [-0.25, -0.2) is 14.8 Å². The summed E-state index contributed by atoms with van der Waals surface area (Å²) < 4.78 is 10.6. The van der Waals surface area contributed by atoms with Gasteiger partial charge in [-0.05, 0) is 31.2 Å². The van der Waals surface area contributed by atoms with Gasteiger partial charge in [0.15, 0.2) is 0 Å². The molecule has 2 aromatic carbocycles. The summed E-state index contributed by atoms with van der Waals surface area (Å²) in [6.45, 7) is 2.52. The Morgan fingerprint density at radius 2 is 1.85 bits per heavy atom. The molecule has 26 heavy (non-hydrogen) atoms. The van der Waals surface area contributed by atoms with Crippen molar-refractivity contribution in [1.29, 1.82) is 0 Å². The molecule has 0 saturated heterocycles. The lowest BCUT2D eigenvalue weighted by molar-refractivity contribution is 0.0587. The number of aryl methyl sites for hydroxylation is 1. The van der Waals surface area contributed by atoms with Crippen LogP contribution in [0.4, 0.5) is 5.82 Å². The van der Waals surface area contributed by atoms with E-state index >= 15 is 0 Å². The van der Waals surface area contributed by atoms with Crippen molar-refractivity contribution in [2.24, 2.45) is 0 Å². The summed E-state index contributed by atoms with van der Waals surface area (Å²) in [7, 11) is 1.30. The number of ether oxygens (including phenoxy) is 2. The molecule has 0 fully saturated rings. The zero-order valence-electron chi connectivity index (χ0n) is 14.6. The van der Waals surface area contributed by atoms with E-state index in [0.717, 1.165) is 17.1 Å². The fourth-order valence-corrected chi connectivity index (χ4v) is 2.32. The average Bonchev–Trinajstić information content (AvgIpc) is 2.68. The molecule has 0 atom stereocenters. The maximum atomic E-state index is 11.5. The van der Waals surface area contributed by atoms with Crippen LogP contribution in [0.5, 0.6) is 11.5 Å². The van der Waals surface area contributed by atoms with Crippen molar-refractivity contribution in [1.82, 2.24) is 9.97 Å². The number of aromatic nitrogens is 2. The molecule has 1 aromatic heterocycles. The highest BCUT2D eigenvalue weighted by molar-refractivity contribution is 5.85. The van der Waals surface area contributed by atoms with Crippen molar-refractivity contribution in [2.75, 3.05) is 12.4 Å². The van der Waals surface area contributed by atoms with Crippen LogP contribution in [0.3, 0.4) is 0 Å². The van der Waals surface area contributed by atoms with Crippen LogP contribution in [0, 0.1) is 6.92 Å². The van der Waals surface area contributed by atoms with Gasteiger partial charge >= 0.3 is 5.97 Å². The number of nitrogens with zero attached hydrogens (tertiary/aromatic N) is 2. The first-order valence-corrected chi connectivity index (χ1v) is 8.13. The average molecular weight is 349 g/mol. The van der Waals surface area contributed by atoms with Crippen molar-refractivity contribution in [2.45, 2.75) is 13.5 Å². The van der Waals surface area contributed by atoms with Gasteiger partial charge in [0.2, 0.25) is 5.82 Å². The predicted octanol–water partition coefficient (Wildman–Crippen LogP) is 3.98. The van der Waals surface area contributed by atoms with Crippen molar-refractivity contribution in [3.8, 4) is 11.5 Å². The number of hydrogen-bond donors (Lipinski definition) is 1. The summed E-state index contributed by atoms with van der Waals surface area (Å²) in [4.78, 5) is 19.6. The first-order chi connectivity index (χ1) is 12.7. The quantitative estimate of drug-likeness (QED) is 0.679. The van der Waals surface area contributed by atoms with Crippen LogP contribution in [0.15, 0.2) is 60.8 Å². The van der Waals surface area contributed by atoms with E-state index in [-0.39, 0.29) is 5.82 Å². The normalized spacial score (nSPS) is 10.2. The van der Waals surface area contributed by atoms with E-state index in [2.05, 4.69) is 20.0 Å². The van der Waals surface area contributed by atoms with Crippen LogP contribution in [-0.4, -0.2) is 23.0 Å². The molecule has 3 rings (SSSR count). The summed E-state index contributed by atoms with van der Waals surface area (Å²) in [6.07, 6.45) is 1.51. The highest BCUT2D eigenvalue weighted by atomic mass is 16.5. The molecule has 3 aromatic rings. The Morgan fingerprint density at radius 1 is 1.08 bits per heavy atom. The first-order valence-electron chi connectivity index (χ1n) is 8.13. The number of methoxy groups -OCH3 is 1. The van der Waals surface area contributed by atoms with Crippen LogP contribution >= 0.6 is 0 Å². The number of carbonyl (C=O) groups excluding carboxylic acids is 1. The Kier molecular flexibility index (Phi) is 5.43. The Hall–Kier alpha value is -3.41.